The van der Waals surface area contributed by atoms with Crippen LogP contribution in [0.25, 0.3) is 0 Å². The molecule has 2 atom stereocenters. The highest BCUT2D eigenvalue weighted by atomic mass is 35.5. The van der Waals surface area contributed by atoms with Gasteiger partial charge in [0.2, 0.25) is 0 Å². The van der Waals surface area contributed by atoms with E-state index in [0.717, 1.165) is 31.2 Å². The van der Waals surface area contributed by atoms with Crippen LogP contribution in [0.2, 0.25) is 5.02 Å². The van der Waals surface area contributed by atoms with Gasteiger partial charge in [-0.15, -0.1) is 0 Å². The number of carbonyl (C=O) groups excluding carboxylic acids is 2. The highest BCUT2D eigenvalue weighted by molar-refractivity contribution is 6.31. The normalized spacial score (nSPS) is 17.5. The molecule has 3 aromatic rings. The van der Waals surface area contributed by atoms with Gasteiger partial charge >= 0.3 is 0 Å². The minimum atomic E-state index is -0.245. The monoisotopic (exact) mass is 491 g/mol. The number of nitrogens with two attached hydrogens (primary N) is 1. The van der Waals surface area contributed by atoms with Gasteiger partial charge in [-0.2, -0.15) is 0 Å². The Balaban J connectivity index is 1.56. The number of halogens is 1. The molecule has 0 aliphatic heterocycles. The Morgan fingerprint density at radius 1 is 1.00 bits per heavy atom. The lowest BCUT2D eigenvalue weighted by Gasteiger charge is -2.38. The summed E-state index contributed by atoms with van der Waals surface area (Å²) < 4.78 is 5.24. The van der Waals surface area contributed by atoms with Gasteiger partial charge in [0.05, 0.1) is 7.11 Å². The summed E-state index contributed by atoms with van der Waals surface area (Å²) in [7, 11) is 1.60. The van der Waals surface area contributed by atoms with Gasteiger partial charge in [-0.1, -0.05) is 42.6 Å². The zero-order valence-corrected chi connectivity index (χ0v) is 20.5. The lowest BCUT2D eigenvalue weighted by atomic mass is 9.89. The molecule has 0 heterocycles. The van der Waals surface area contributed by atoms with Crippen molar-refractivity contribution >= 4 is 29.1 Å². The van der Waals surface area contributed by atoms with Crippen LogP contribution in [0, 0.1) is 0 Å². The van der Waals surface area contributed by atoms with Crippen molar-refractivity contribution in [2.45, 2.75) is 44.3 Å². The molecule has 3 aromatic carbocycles. The van der Waals surface area contributed by atoms with Crippen molar-refractivity contribution < 1.29 is 14.3 Å². The number of ether oxygens (including phenoxy) is 1. The fourth-order valence-corrected chi connectivity index (χ4v) is 4.73. The molecule has 6 nitrogen and oxygen atoms in total. The van der Waals surface area contributed by atoms with E-state index in [0.29, 0.717) is 34.1 Å². The van der Waals surface area contributed by atoms with Crippen LogP contribution in [0.1, 0.15) is 52.0 Å². The van der Waals surface area contributed by atoms with Crippen LogP contribution in [0.5, 0.6) is 5.75 Å². The van der Waals surface area contributed by atoms with Crippen LogP contribution in [-0.2, 0) is 6.54 Å². The fraction of sp³-hybridized carbons (Fsp3) is 0.286. The molecule has 0 aromatic heterocycles. The number of anilines is 1. The highest BCUT2D eigenvalue weighted by Gasteiger charge is 2.31. The van der Waals surface area contributed by atoms with Gasteiger partial charge in [-0.25, -0.2) is 0 Å². The van der Waals surface area contributed by atoms with E-state index in [1.54, 1.807) is 55.6 Å². The number of hydrogen-bond donors (Lipinski definition) is 2. The molecular formula is C28H30ClN3O3. The second-order valence-electron chi connectivity index (χ2n) is 8.84. The number of rotatable bonds is 7. The highest BCUT2D eigenvalue weighted by Crippen LogP contribution is 2.26. The summed E-state index contributed by atoms with van der Waals surface area (Å²) in [5, 5.41) is 3.42. The third-order valence-corrected chi connectivity index (χ3v) is 6.64. The van der Waals surface area contributed by atoms with Gasteiger partial charge in [0.1, 0.15) is 5.75 Å². The third kappa shape index (κ3) is 6.21. The smallest absolute Gasteiger partial charge is 0.255 e. The zero-order chi connectivity index (χ0) is 24.8. The van der Waals surface area contributed by atoms with E-state index in [2.05, 4.69) is 5.32 Å². The lowest BCUT2D eigenvalue weighted by molar-refractivity contribution is 0.0583. The first-order valence-corrected chi connectivity index (χ1v) is 12.2. The van der Waals surface area contributed by atoms with E-state index >= 15 is 0 Å². The molecule has 1 fully saturated rings. The Hall–Kier alpha value is -3.35. The predicted molar refractivity (Wildman–Crippen MR) is 139 cm³/mol. The Kier molecular flexibility index (Phi) is 8.06. The molecule has 1 aliphatic carbocycles. The van der Waals surface area contributed by atoms with Crippen LogP contribution >= 0.6 is 11.6 Å². The van der Waals surface area contributed by atoms with Gasteiger partial charge in [0.15, 0.2) is 0 Å². The Labute approximate surface area is 211 Å². The summed E-state index contributed by atoms with van der Waals surface area (Å²) in [6, 6.07) is 21.4. The molecule has 182 valence electrons. The van der Waals surface area contributed by atoms with Crippen LogP contribution in [-0.4, -0.2) is 35.9 Å². The first kappa shape index (κ1) is 24.8. The molecule has 4 rings (SSSR count). The topological polar surface area (TPSA) is 84.7 Å². The molecule has 1 aliphatic rings. The fourth-order valence-electron chi connectivity index (χ4n) is 4.54. The van der Waals surface area contributed by atoms with Crippen molar-refractivity contribution in [3.05, 3.63) is 94.5 Å². The number of hydrogen-bond acceptors (Lipinski definition) is 4. The molecule has 7 heteroatoms. The number of nitrogens with zero attached hydrogens (tertiary/aromatic N) is 1. The molecule has 35 heavy (non-hydrogen) atoms. The van der Waals surface area contributed by atoms with Crippen molar-refractivity contribution in [3.63, 3.8) is 0 Å². The zero-order valence-electron chi connectivity index (χ0n) is 19.7. The summed E-state index contributed by atoms with van der Waals surface area (Å²) in [4.78, 5) is 28.2. The average molecular weight is 492 g/mol. The summed E-state index contributed by atoms with van der Waals surface area (Å²) in [6.45, 7) is 0.393. The average Bonchev–Trinajstić information content (AvgIpc) is 2.88. The van der Waals surface area contributed by atoms with Crippen molar-refractivity contribution in [2.75, 3.05) is 12.4 Å². The van der Waals surface area contributed by atoms with E-state index < -0.39 is 0 Å². The number of amides is 2. The van der Waals surface area contributed by atoms with Crippen molar-refractivity contribution in [1.29, 1.82) is 0 Å². The van der Waals surface area contributed by atoms with Crippen molar-refractivity contribution in [2.24, 2.45) is 5.73 Å². The molecule has 2 unspecified atom stereocenters. The number of carbonyl (C=O) groups is 2. The van der Waals surface area contributed by atoms with Crippen molar-refractivity contribution in [3.8, 4) is 5.75 Å². The molecule has 0 bridgehead atoms. The van der Waals surface area contributed by atoms with Gasteiger partial charge < -0.3 is 20.7 Å². The molecule has 0 spiro atoms. The Morgan fingerprint density at radius 2 is 1.74 bits per heavy atom. The number of nitrogens with one attached hydrogen (secondary N) is 1. The second-order valence-corrected chi connectivity index (χ2v) is 9.28. The summed E-state index contributed by atoms with van der Waals surface area (Å²) in [5.41, 5.74) is 9.12. The van der Waals surface area contributed by atoms with E-state index in [1.807, 2.05) is 29.2 Å². The Bertz CT molecular complexity index is 1180. The van der Waals surface area contributed by atoms with E-state index in [9.17, 15) is 9.59 Å². The third-order valence-electron chi connectivity index (χ3n) is 6.40. The van der Waals surface area contributed by atoms with Crippen molar-refractivity contribution in [1.82, 2.24) is 4.90 Å². The molecule has 0 radical (unpaired) electrons. The first-order chi connectivity index (χ1) is 16.9. The van der Waals surface area contributed by atoms with E-state index in [1.165, 1.54) is 0 Å². The van der Waals surface area contributed by atoms with Crippen LogP contribution in [0.15, 0.2) is 72.8 Å². The quantitative estimate of drug-likeness (QED) is 0.456. The maximum Gasteiger partial charge on any atom is 0.255 e. The van der Waals surface area contributed by atoms with E-state index in [-0.39, 0.29) is 23.9 Å². The van der Waals surface area contributed by atoms with Gasteiger partial charge in [0.25, 0.3) is 11.8 Å². The summed E-state index contributed by atoms with van der Waals surface area (Å²) >= 11 is 6.02. The standard InChI is InChI=1S/C28H30ClN3O3/c1-35-24-14-12-20(13-15-24)28(34)32(26-11-3-2-10-25(26)30)18-19-6-4-9-23(16-19)31-27(33)21-7-5-8-22(29)17-21/h4-9,12-17,25-26H,2-3,10-11,18,30H2,1H3,(H,31,33). The summed E-state index contributed by atoms with van der Waals surface area (Å²) in [5.74, 6) is 0.388. The number of methoxy groups -OCH3 is 1. The van der Waals surface area contributed by atoms with Crippen LogP contribution in [0.3, 0.4) is 0 Å². The number of benzene rings is 3. The molecule has 1 saturated carbocycles. The molecule has 2 amide bonds. The van der Waals surface area contributed by atoms with Gasteiger partial charge in [0, 0.05) is 40.5 Å². The maximum atomic E-state index is 13.6. The van der Waals surface area contributed by atoms with Crippen LogP contribution < -0.4 is 15.8 Å². The summed E-state index contributed by atoms with van der Waals surface area (Å²) in [6.07, 6.45) is 3.88. The molecular weight excluding hydrogens is 462 g/mol. The minimum absolute atomic E-state index is 0.0527. The SMILES string of the molecule is COc1ccc(C(=O)N(Cc2cccc(NC(=O)c3cccc(Cl)c3)c2)C2CCCCC2N)cc1. The van der Waals surface area contributed by atoms with E-state index in [4.69, 9.17) is 22.1 Å². The predicted octanol–water partition coefficient (Wildman–Crippen LogP) is 5.51. The first-order valence-electron chi connectivity index (χ1n) is 11.8. The molecule has 0 saturated heterocycles. The molecule has 3 N–H and O–H groups in total. The van der Waals surface area contributed by atoms with Gasteiger partial charge in [-0.3, -0.25) is 9.59 Å². The largest absolute Gasteiger partial charge is 0.497 e. The second kappa shape index (κ2) is 11.4. The van der Waals surface area contributed by atoms with Crippen LogP contribution in [0.4, 0.5) is 5.69 Å². The Morgan fingerprint density at radius 3 is 2.46 bits per heavy atom. The van der Waals surface area contributed by atoms with Gasteiger partial charge in [-0.05, 0) is 73.0 Å². The maximum absolute atomic E-state index is 13.6. The lowest BCUT2D eigenvalue weighted by Crippen LogP contribution is -2.51. The minimum Gasteiger partial charge on any atom is -0.497 e.